The summed E-state index contributed by atoms with van der Waals surface area (Å²) in [5.74, 6) is 2.77. The van der Waals surface area contributed by atoms with Crippen LogP contribution in [0.1, 0.15) is 18.4 Å². The van der Waals surface area contributed by atoms with Gasteiger partial charge in [0.25, 0.3) is 0 Å². The molecule has 0 amide bonds. The summed E-state index contributed by atoms with van der Waals surface area (Å²) in [4.78, 5) is 0. The van der Waals surface area contributed by atoms with Crippen LogP contribution in [0.2, 0.25) is 0 Å². The molecule has 1 atom stereocenters. The van der Waals surface area contributed by atoms with Gasteiger partial charge in [-0.1, -0.05) is 0 Å². The zero-order valence-corrected chi connectivity index (χ0v) is 13.2. The summed E-state index contributed by atoms with van der Waals surface area (Å²) < 4.78 is 16.1. The highest BCUT2D eigenvalue weighted by atomic mass is 16.5. The van der Waals surface area contributed by atoms with Crippen molar-refractivity contribution in [3.8, 4) is 17.2 Å². The van der Waals surface area contributed by atoms with E-state index in [1.165, 1.54) is 12.8 Å². The van der Waals surface area contributed by atoms with Crippen LogP contribution >= 0.6 is 0 Å². The predicted molar refractivity (Wildman–Crippen MR) is 83.4 cm³/mol. The van der Waals surface area contributed by atoms with Crippen molar-refractivity contribution in [1.82, 2.24) is 10.6 Å². The van der Waals surface area contributed by atoms with Gasteiger partial charge in [-0.15, -0.1) is 0 Å². The first-order chi connectivity index (χ1) is 10.3. The number of hydrogen-bond donors (Lipinski definition) is 2. The fourth-order valence-corrected chi connectivity index (χ4v) is 2.76. The van der Waals surface area contributed by atoms with Crippen LogP contribution < -0.4 is 24.8 Å². The van der Waals surface area contributed by atoms with Gasteiger partial charge >= 0.3 is 0 Å². The molecule has 2 rings (SSSR count). The molecule has 5 nitrogen and oxygen atoms in total. The molecule has 0 aliphatic carbocycles. The van der Waals surface area contributed by atoms with Gasteiger partial charge in [-0.3, -0.25) is 0 Å². The molecular formula is C16H26N2O3. The highest BCUT2D eigenvalue weighted by Crippen LogP contribution is 2.38. The van der Waals surface area contributed by atoms with Crippen molar-refractivity contribution in [2.45, 2.75) is 19.4 Å². The number of piperidine rings is 1. The standard InChI is InChI=1S/C16H26N2O3/c1-19-14-7-13(8-15(20-2)16(14)21-3)11-18-10-12-5-4-6-17-9-12/h7-8,12,17-18H,4-6,9-11H2,1-3H3. The molecule has 0 saturated carbocycles. The Labute approximate surface area is 127 Å². The lowest BCUT2D eigenvalue weighted by Crippen LogP contribution is -2.35. The average Bonchev–Trinajstić information content (AvgIpc) is 2.54. The van der Waals surface area contributed by atoms with E-state index in [1.54, 1.807) is 21.3 Å². The summed E-state index contributed by atoms with van der Waals surface area (Å²) in [5, 5.41) is 6.96. The van der Waals surface area contributed by atoms with Gasteiger partial charge in [0.2, 0.25) is 5.75 Å². The van der Waals surface area contributed by atoms with Gasteiger partial charge in [-0.2, -0.15) is 0 Å². The van der Waals surface area contributed by atoms with Crippen molar-refractivity contribution in [3.63, 3.8) is 0 Å². The quantitative estimate of drug-likeness (QED) is 0.803. The van der Waals surface area contributed by atoms with E-state index in [0.717, 1.165) is 37.7 Å². The van der Waals surface area contributed by atoms with Gasteiger partial charge in [0.15, 0.2) is 11.5 Å². The SMILES string of the molecule is COc1cc(CNCC2CCCNC2)cc(OC)c1OC. The van der Waals surface area contributed by atoms with Crippen LogP contribution in [-0.2, 0) is 6.54 Å². The van der Waals surface area contributed by atoms with Gasteiger partial charge in [0.1, 0.15) is 0 Å². The van der Waals surface area contributed by atoms with Gasteiger partial charge in [-0.25, -0.2) is 0 Å². The van der Waals surface area contributed by atoms with Crippen LogP contribution in [0.15, 0.2) is 12.1 Å². The minimum atomic E-state index is 0.639. The fraction of sp³-hybridized carbons (Fsp3) is 0.625. The smallest absolute Gasteiger partial charge is 0.203 e. The van der Waals surface area contributed by atoms with E-state index in [-0.39, 0.29) is 0 Å². The third-order valence-electron chi connectivity index (χ3n) is 3.89. The summed E-state index contributed by atoms with van der Waals surface area (Å²) >= 11 is 0. The minimum absolute atomic E-state index is 0.639. The molecule has 0 radical (unpaired) electrons. The zero-order chi connectivity index (χ0) is 15.1. The molecule has 1 heterocycles. The summed E-state index contributed by atoms with van der Waals surface area (Å²) in [7, 11) is 4.90. The van der Waals surface area contributed by atoms with Crippen LogP contribution in [-0.4, -0.2) is 41.0 Å². The molecule has 1 aliphatic heterocycles. The van der Waals surface area contributed by atoms with E-state index < -0.39 is 0 Å². The van der Waals surface area contributed by atoms with E-state index in [1.807, 2.05) is 12.1 Å². The molecule has 5 heteroatoms. The van der Waals surface area contributed by atoms with Gasteiger partial charge < -0.3 is 24.8 Å². The Kier molecular flexibility index (Phi) is 6.14. The lowest BCUT2D eigenvalue weighted by Gasteiger charge is -2.23. The fourth-order valence-electron chi connectivity index (χ4n) is 2.76. The van der Waals surface area contributed by atoms with E-state index >= 15 is 0 Å². The number of rotatable bonds is 7. The molecular weight excluding hydrogens is 268 g/mol. The monoisotopic (exact) mass is 294 g/mol. The minimum Gasteiger partial charge on any atom is -0.493 e. The molecule has 21 heavy (non-hydrogen) atoms. The van der Waals surface area contributed by atoms with E-state index in [0.29, 0.717) is 17.2 Å². The second-order valence-corrected chi connectivity index (χ2v) is 5.38. The Morgan fingerprint density at radius 3 is 2.38 bits per heavy atom. The third kappa shape index (κ3) is 4.25. The zero-order valence-electron chi connectivity index (χ0n) is 13.2. The first kappa shape index (κ1) is 15.9. The predicted octanol–water partition coefficient (Wildman–Crippen LogP) is 1.80. The molecule has 1 aliphatic rings. The van der Waals surface area contributed by atoms with E-state index in [9.17, 15) is 0 Å². The molecule has 2 N–H and O–H groups in total. The molecule has 118 valence electrons. The first-order valence-corrected chi connectivity index (χ1v) is 7.48. The van der Waals surface area contributed by atoms with Crippen molar-refractivity contribution in [2.24, 2.45) is 5.92 Å². The van der Waals surface area contributed by atoms with E-state index in [2.05, 4.69) is 10.6 Å². The molecule has 1 unspecified atom stereocenters. The highest BCUT2D eigenvalue weighted by molar-refractivity contribution is 5.53. The number of benzene rings is 1. The van der Waals surface area contributed by atoms with Crippen LogP contribution in [0.5, 0.6) is 17.2 Å². The summed E-state index contributed by atoms with van der Waals surface area (Å²) in [6.07, 6.45) is 2.58. The molecule has 1 fully saturated rings. The summed E-state index contributed by atoms with van der Waals surface area (Å²) in [5.41, 5.74) is 1.13. The van der Waals surface area contributed by atoms with Crippen molar-refractivity contribution in [3.05, 3.63) is 17.7 Å². The van der Waals surface area contributed by atoms with Gasteiger partial charge in [0, 0.05) is 6.54 Å². The first-order valence-electron chi connectivity index (χ1n) is 7.48. The van der Waals surface area contributed by atoms with Crippen LogP contribution in [0, 0.1) is 5.92 Å². The Bertz CT molecular complexity index is 420. The van der Waals surface area contributed by atoms with Crippen molar-refractivity contribution in [1.29, 1.82) is 0 Å². The second-order valence-electron chi connectivity index (χ2n) is 5.38. The van der Waals surface area contributed by atoms with Crippen LogP contribution in [0.25, 0.3) is 0 Å². The summed E-state index contributed by atoms with van der Waals surface area (Å²) in [6, 6.07) is 3.99. The second kappa shape index (κ2) is 8.10. The van der Waals surface area contributed by atoms with Gasteiger partial charge in [0.05, 0.1) is 21.3 Å². The highest BCUT2D eigenvalue weighted by Gasteiger charge is 2.14. The van der Waals surface area contributed by atoms with Crippen LogP contribution in [0.3, 0.4) is 0 Å². The molecule has 1 aromatic rings. The maximum atomic E-state index is 5.37. The normalized spacial score (nSPS) is 18.3. The lowest BCUT2D eigenvalue weighted by molar-refractivity contribution is 0.323. The van der Waals surface area contributed by atoms with Crippen LogP contribution in [0.4, 0.5) is 0 Å². The Morgan fingerprint density at radius 1 is 1.14 bits per heavy atom. The van der Waals surface area contributed by atoms with E-state index in [4.69, 9.17) is 14.2 Å². The molecule has 0 aromatic heterocycles. The lowest BCUT2D eigenvalue weighted by atomic mass is 10.00. The summed E-state index contributed by atoms with van der Waals surface area (Å²) in [6.45, 7) is 4.10. The topological polar surface area (TPSA) is 51.8 Å². The molecule has 1 saturated heterocycles. The number of nitrogens with one attached hydrogen (secondary N) is 2. The largest absolute Gasteiger partial charge is 0.493 e. The Balaban J connectivity index is 1.95. The Morgan fingerprint density at radius 2 is 1.86 bits per heavy atom. The number of hydrogen-bond acceptors (Lipinski definition) is 5. The molecule has 0 spiro atoms. The third-order valence-corrected chi connectivity index (χ3v) is 3.89. The van der Waals surface area contributed by atoms with Crippen molar-refractivity contribution >= 4 is 0 Å². The van der Waals surface area contributed by atoms with Gasteiger partial charge in [-0.05, 0) is 56.1 Å². The average molecular weight is 294 g/mol. The maximum absolute atomic E-state index is 5.37. The molecule has 1 aromatic carbocycles. The van der Waals surface area contributed by atoms with Crippen molar-refractivity contribution < 1.29 is 14.2 Å². The Hall–Kier alpha value is -1.46. The number of ether oxygens (including phenoxy) is 3. The maximum Gasteiger partial charge on any atom is 0.203 e. The number of methoxy groups -OCH3 is 3. The van der Waals surface area contributed by atoms with Crippen molar-refractivity contribution in [2.75, 3.05) is 41.0 Å². The molecule has 0 bridgehead atoms.